The summed E-state index contributed by atoms with van der Waals surface area (Å²) in [7, 11) is 0. The minimum absolute atomic E-state index is 0.0430. The van der Waals surface area contributed by atoms with Crippen molar-refractivity contribution in [1.29, 1.82) is 0 Å². The predicted molar refractivity (Wildman–Crippen MR) is 83.7 cm³/mol. The molecule has 0 amide bonds. The number of hydrogen-bond donors (Lipinski definition) is 2. The van der Waals surface area contributed by atoms with Crippen LogP contribution in [0.4, 0.5) is 0 Å². The first-order valence-corrected chi connectivity index (χ1v) is 7.19. The van der Waals surface area contributed by atoms with E-state index in [4.69, 9.17) is 0 Å². The van der Waals surface area contributed by atoms with Gasteiger partial charge >= 0.3 is 0 Å². The molecule has 2 atom stereocenters. The van der Waals surface area contributed by atoms with Gasteiger partial charge in [-0.3, -0.25) is 0 Å². The summed E-state index contributed by atoms with van der Waals surface area (Å²) in [6, 6.07) is 18.5. The fourth-order valence-electron chi connectivity index (χ4n) is 2.25. The molecule has 0 bridgehead atoms. The molecule has 0 saturated carbocycles. The Labute approximate surface area is 121 Å². The first-order chi connectivity index (χ1) is 9.66. The topological polar surface area (TPSA) is 32.3 Å². The van der Waals surface area contributed by atoms with Crippen LogP contribution in [0.3, 0.4) is 0 Å². The zero-order valence-corrected chi connectivity index (χ0v) is 12.2. The highest BCUT2D eigenvalue weighted by atomic mass is 16.3. The number of benzene rings is 2. The van der Waals surface area contributed by atoms with Crippen molar-refractivity contribution in [2.75, 3.05) is 6.54 Å². The van der Waals surface area contributed by atoms with Crippen LogP contribution in [0.15, 0.2) is 54.6 Å². The maximum Gasteiger partial charge on any atom is 0.0940 e. The second-order valence-corrected chi connectivity index (χ2v) is 5.33. The number of aryl methyl sites for hydroxylation is 1. The first-order valence-electron chi connectivity index (χ1n) is 7.19. The summed E-state index contributed by atoms with van der Waals surface area (Å²) in [6.45, 7) is 4.95. The largest absolute Gasteiger partial charge is 0.387 e. The van der Waals surface area contributed by atoms with Crippen LogP contribution < -0.4 is 5.32 Å². The van der Waals surface area contributed by atoms with Crippen molar-refractivity contribution >= 4 is 0 Å². The summed E-state index contributed by atoms with van der Waals surface area (Å²) in [6.07, 6.45) is 0.512. The molecule has 2 N–H and O–H groups in total. The smallest absolute Gasteiger partial charge is 0.0940 e. The van der Waals surface area contributed by atoms with Gasteiger partial charge in [-0.1, -0.05) is 60.2 Å². The molecule has 0 aromatic heterocycles. The molecule has 0 aliphatic heterocycles. The molecular weight excluding hydrogens is 246 g/mol. The lowest BCUT2D eigenvalue weighted by Gasteiger charge is -2.21. The normalized spacial score (nSPS) is 13.9. The number of aliphatic hydroxyl groups excluding tert-OH is 1. The molecule has 0 saturated heterocycles. The van der Waals surface area contributed by atoms with Crippen LogP contribution >= 0.6 is 0 Å². The molecule has 0 fully saturated rings. The summed E-state index contributed by atoms with van der Waals surface area (Å²) in [5.74, 6) is 0. The van der Waals surface area contributed by atoms with Gasteiger partial charge < -0.3 is 10.4 Å². The molecule has 0 aliphatic rings. The van der Waals surface area contributed by atoms with Crippen LogP contribution in [-0.4, -0.2) is 17.7 Å². The molecule has 2 nitrogen and oxygen atoms in total. The number of rotatable bonds is 6. The first kappa shape index (κ1) is 14.8. The van der Waals surface area contributed by atoms with Gasteiger partial charge in [0.25, 0.3) is 0 Å². The number of aliphatic hydroxyl groups is 1. The van der Waals surface area contributed by atoms with Gasteiger partial charge in [0.2, 0.25) is 0 Å². The van der Waals surface area contributed by atoms with Crippen molar-refractivity contribution in [1.82, 2.24) is 5.32 Å². The maximum atomic E-state index is 10.3. The van der Waals surface area contributed by atoms with Crippen molar-refractivity contribution in [3.8, 4) is 0 Å². The highest BCUT2D eigenvalue weighted by Crippen LogP contribution is 2.17. The van der Waals surface area contributed by atoms with E-state index in [0.717, 1.165) is 18.5 Å². The third kappa shape index (κ3) is 4.19. The highest BCUT2D eigenvalue weighted by Gasteiger charge is 2.15. The van der Waals surface area contributed by atoms with Crippen molar-refractivity contribution in [2.45, 2.75) is 32.4 Å². The molecule has 2 aromatic rings. The molecule has 0 spiro atoms. The summed E-state index contributed by atoms with van der Waals surface area (Å²) in [5, 5.41) is 13.7. The van der Waals surface area contributed by atoms with Gasteiger partial charge in [0.15, 0.2) is 0 Å². The van der Waals surface area contributed by atoms with Crippen LogP contribution in [0.25, 0.3) is 0 Å². The molecule has 0 aliphatic carbocycles. The Morgan fingerprint density at radius 1 is 1.00 bits per heavy atom. The van der Waals surface area contributed by atoms with Crippen molar-refractivity contribution in [3.05, 3.63) is 71.3 Å². The van der Waals surface area contributed by atoms with Gasteiger partial charge in [-0.05, 0) is 37.9 Å². The van der Waals surface area contributed by atoms with E-state index in [1.165, 1.54) is 11.1 Å². The molecule has 2 heteroatoms. The Morgan fingerprint density at radius 3 is 2.30 bits per heavy atom. The molecule has 2 aromatic carbocycles. The van der Waals surface area contributed by atoms with Crippen LogP contribution in [0.2, 0.25) is 0 Å². The van der Waals surface area contributed by atoms with Crippen molar-refractivity contribution in [3.63, 3.8) is 0 Å². The SMILES string of the molecule is Cc1ccc(C(O)C(C)NCCc2ccccc2)cc1. The minimum atomic E-state index is -0.466. The monoisotopic (exact) mass is 269 g/mol. The van der Waals surface area contributed by atoms with Gasteiger partial charge in [0, 0.05) is 6.04 Å². The standard InChI is InChI=1S/C18H23NO/c1-14-8-10-17(11-9-14)18(20)15(2)19-13-12-16-6-4-3-5-7-16/h3-11,15,18-20H,12-13H2,1-2H3. The Balaban J connectivity index is 1.82. The molecular formula is C18H23NO. The third-order valence-corrected chi connectivity index (χ3v) is 3.62. The average molecular weight is 269 g/mol. The zero-order valence-electron chi connectivity index (χ0n) is 12.2. The Hall–Kier alpha value is -1.64. The Kier molecular flexibility index (Phi) is 5.33. The lowest BCUT2D eigenvalue weighted by molar-refractivity contribution is 0.136. The molecule has 2 unspecified atom stereocenters. The van der Waals surface area contributed by atoms with E-state index in [0.29, 0.717) is 0 Å². The summed E-state index contributed by atoms with van der Waals surface area (Å²) < 4.78 is 0. The lowest BCUT2D eigenvalue weighted by Crippen LogP contribution is -2.33. The number of nitrogens with one attached hydrogen (secondary N) is 1. The van der Waals surface area contributed by atoms with Gasteiger partial charge in [-0.25, -0.2) is 0 Å². The van der Waals surface area contributed by atoms with Crippen LogP contribution in [0, 0.1) is 6.92 Å². The van der Waals surface area contributed by atoms with E-state index < -0.39 is 6.10 Å². The summed E-state index contributed by atoms with van der Waals surface area (Å²) in [4.78, 5) is 0. The molecule has 2 rings (SSSR count). The quantitative estimate of drug-likeness (QED) is 0.843. The van der Waals surface area contributed by atoms with E-state index in [9.17, 15) is 5.11 Å². The van der Waals surface area contributed by atoms with E-state index in [1.54, 1.807) is 0 Å². The maximum absolute atomic E-state index is 10.3. The fourth-order valence-corrected chi connectivity index (χ4v) is 2.25. The predicted octanol–water partition coefficient (Wildman–Crippen LogP) is 3.25. The van der Waals surface area contributed by atoms with E-state index >= 15 is 0 Å². The zero-order chi connectivity index (χ0) is 14.4. The summed E-state index contributed by atoms with van der Waals surface area (Å²) >= 11 is 0. The lowest BCUT2D eigenvalue weighted by atomic mass is 10.0. The second kappa shape index (κ2) is 7.22. The highest BCUT2D eigenvalue weighted by molar-refractivity contribution is 5.24. The third-order valence-electron chi connectivity index (χ3n) is 3.62. The van der Waals surface area contributed by atoms with Crippen molar-refractivity contribution < 1.29 is 5.11 Å². The average Bonchev–Trinajstić information content (AvgIpc) is 2.48. The second-order valence-electron chi connectivity index (χ2n) is 5.33. The van der Waals surface area contributed by atoms with Gasteiger partial charge in [0.1, 0.15) is 0 Å². The van der Waals surface area contributed by atoms with Gasteiger partial charge in [-0.2, -0.15) is 0 Å². The van der Waals surface area contributed by atoms with Crippen LogP contribution in [0.1, 0.15) is 29.7 Å². The van der Waals surface area contributed by atoms with E-state index in [2.05, 4.69) is 36.5 Å². The van der Waals surface area contributed by atoms with Crippen molar-refractivity contribution in [2.24, 2.45) is 0 Å². The van der Waals surface area contributed by atoms with Crippen LogP contribution in [0.5, 0.6) is 0 Å². The molecule has 106 valence electrons. The van der Waals surface area contributed by atoms with E-state index in [-0.39, 0.29) is 6.04 Å². The van der Waals surface area contributed by atoms with Gasteiger partial charge in [-0.15, -0.1) is 0 Å². The fraction of sp³-hybridized carbons (Fsp3) is 0.333. The molecule has 0 heterocycles. The minimum Gasteiger partial charge on any atom is -0.387 e. The Bertz CT molecular complexity index is 507. The molecule has 0 radical (unpaired) electrons. The molecule has 20 heavy (non-hydrogen) atoms. The van der Waals surface area contributed by atoms with E-state index in [1.807, 2.05) is 37.3 Å². The Morgan fingerprint density at radius 2 is 1.65 bits per heavy atom. The number of hydrogen-bond acceptors (Lipinski definition) is 2. The van der Waals surface area contributed by atoms with Crippen LogP contribution in [-0.2, 0) is 6.42 Å². The summed E-state index contributed by atoms with van der Waals surface area (Å²) in [5.41, 5.74) is 3.50. The van der Waals surface area contributed by atoms with Gasteiger partial charge in [0.05, 0.1) is 6.10 Å².